The molecule has 0 radical (unpaired) electrons. The van der Waals surface area contributed by atoms with E-state index >= 15 is 0 Å². The molecule has 0 heterocycles. The first-order valence-electron chi connectivity index (χ1n) is 6.94. The van der Waals surface area contributed by atoms with E-state index < -0.39 is 0 Å². The monoisotopic (exact) mass is 284 g/mol. The molecule has 0 aliphatic rings. The third kappa shape index (κ3) is 5.13. The fourth-order valence-corrected chi connectivity index (χ4v) is 3.37. The third-order valence-electron chi connectivity index (χ3n) is 3.29. The summed E-state index contributed by atoms with van der Waals surface area (Å²) in [4.78, 5) is 2.37. The van der Waals surface area contributed by atoms with Crippen molar-refractivity contribution < 1.29 is 4.39 Å². The van der Waals surface area contributed by atoms with Crippen molar-refractivity contribution in [3.63, 3.8) is 0 Å². The summed E-state index contributed by atoms with van der Waals surface area (Å²) in [6.45, 7) is 9.40. The summed E-state index contributed by atoms with van der Waals surface area (Å²) >= 11 is 1.75. The number of halogens is 1. The van der Waals surface area contributed by atoms with Crippen molar-refractivity contribution in [1.82, 2.24) is 4.90 Å². The van der Waals surface area contributed by atoms with Crippen LogP contribution in [0.5, 0.6) is 0 Å². The van der Waals surface area contributed by atoms with Crippen molar-refractivity contribution in [3.8, 4) is 0 Å². The Morgan fingerprint density at radius 3 is 2.42 bits per heavy atom. The molecule has 0 aliphatic carbocycles. The Balaban J connectivity index is 2.62. The summed E-state index contributed by atoms with van der Waals surface area (Å²) in [5.74, 6) is 0.822. The highest BCUT2D eigenvalue weighted by Crippen LogP contribution is 2.32. The molecule has 2 N–H and O–H groups in total. The van der Waals surface area contributed by atoms with Gasteiger partial charge in [0.1, 0.15) is 5.82 Å². The molecule has 1 rings (SSSR count). The lowest BCUT2D eigenvalue weighted by Crippen LogP contribution is -2.28. The molecule has 1 aromatic rings. The number of rotatable bonds is 8. The Morgan fingerprint density at radius 2 is 1.89 bits per heavy atom. The maximum Gasteiger partial charge on any atom is 0.127 e. The van der Waals surface area contributed by atoms with Crippen LogP contribution in [0.2, 0.25) is 0 Å². The number of benzene rings is 1. The van der Waals surface area contributed by atoms with Gasteiger partial charge in [-0.3, -0.25) is 0 Å². The Labute approximate surface area is 120 Å². The lowest BCUT2D eigenvalue weighted by molar-refractivity contribution is 0.323. The Kier molecular flexibility index (Phi) is 7.42. The lowest BCUT2D eigenvalue weighted by atomic mass is 10.1. The lowest BCUT2D eigenvalue weighted by Gasteiger charge is -2.23. The van der Waals surface area contributed by atoms with Gasteiger partial charge in [-0.2, -0.15) is 11.8 Å². The first kappa shape index (κ1) is 16.5. The van der Waals surface area contributed by atoms with Crippen molar-refractivity contribution in [2.24, 2.45) is 5.73 Å². The van der Waals surface area contributed by atoms with Crippen LogP contribution in [0, 0.1) is 5.82 Å². The van der Waals surface area contributed by atoms with E-state index in [-0.39, 0.29) is 17.1 Å². The molecule has 0 spiro atoms. The number of nitrogens with two attached hydrogens (primary N) is 1. The molecule has 2 atom stereocenters. The molecule has 0 fully saturated rings. The summed E-state index contributed by atoms with van der Waals surface area (Å²) < 4.78 is 13.8. The maximum absolute atomic E-state index is 13.8. The third-order valence-corrected chi connectivity index (χ3v) is 4.75. The van der Waals surface area contributed by atoms with E-state index in [0.717, 1.165) is 31.0 Å². The Bertz CT molecular complexity index is 367. The zero-order valence-electron chi connectivity index (χ0n) is 12.1. The van der Waals surface area contributed by atoms with Crippen LogP contribution in [0.15, 0.2) is 24.3 Å². The first-order valence-corrected chi connectivity index (χ1v) is 7.99. The quantitative estimate of drug-likeness (QED) is 0.794. The second-order valence-electron chi connectivity index (χ2n) is 4.70. The topological polar surface area (TPSA) is 29.3 Å². The van der Waals surface area contributed by atoms with Gasteiger partial charge in [0.2, 0.25) is 0 Å². The highest BCUT2D eigenvalue weighted by Gasteiger charge is 2.20. The highest BCUT2D eigenvalue weighted by molar-refractivity contribution is 7.99. The first-order chi connectivity index (χ1) is 9.10. The summed E-state index contributed by atoms with van der Waals surface area (Å²) in [6, 6.07) is 6.89. The summed E-state index contributed by atoms with van der Waals surface area (Å²) in [5, 5.41) is 0.0248. The number of thioether (sulfide) groups is 1. The zero-order chi connectivity index (χ0) is 14.3. The summed E-state index contributed by atoms with van der Waals surface area (Å²) in [5.41, 5.74) is 6.74. The van der Waals surface area contributed by atoms with E-state index in [4.69, 9.17) is 5.73 Å². The van der Waals surface area contributed by atoms with Gasteiger partial charge < -0.3 is 10.6 Å². The second kappa shape index (κ2) is 8.56. The van der Waals surface area contributed by atoms with Crippen LogP contribution in [0.4, 0.5) is 4.39 Å². The van der Waals surface area contributed by atoms with Crippen LogP contribution < -0.4 is 5.73 Å². The molecule has 2 nitrogen and oxygen atoms in total. The van der Waals surface area contributed by atoms with Crippen molar-refractivity contribution in [2.75, 3.05) is 25.4 Å². The molecule has 0 saturated carbocycles. The van der Waals surface area contributed by atoms with E-state index in [2.05, 4.69) is 18.7 Å². The Morgan fingerprint density at radius 1 is 1.26 bits per heavy atom. The van der Waals surface area contributed by atoms with E-state index in [0.29, 0.717) is 0 Å². The predicted molar refractivity (Wildman–Crippen MR) is 83.0 cm³/mol. The minimum Gasteiger partial charge on any atom is -0.327 e. The van der Waals surface area contributed by atoms with Crippen LogP contribution in [-0.2, 0) is 0 Å². The van der Waals surface area contributed by atoms with Gasteiger partial charge >= 0.3 is 0 Å². The molecule has 108 valence electrons. The summed E-state index contributed by atoms with van der Waals surface area (Å²) in [6.07, 6.45) is 0. The predicted octanol–water partition coefficient (Wildman–Crippen LogP) is 3.29. The van der Waals surface area contributed by atoms with Crippen LogP contribution in [0.25, 0.3) is 0 Å². The van der Waals surface area contributed by atoms with Gasteiger partial charge in [0.25, 0.3) is 0 Å². The average Bonchev–Trinajstić information content (AvgIpc) is 2.40. The normalized spacial score (nSPS) is 14.6. The maximum atomic E-state index is 13.8. The molecule has 0 saturated heterocycles. The Hall–Kier alpha value is -0.580. The van der Waals surface area contributed by atoms with Crippen molar-refractivity contribution in [1.29, 1.82) is 0 Å². The molecule has 1 aromatic carbocycles. The largest absolute Gasteiger partial charge is 0.327 e. The minimum atomic E-state index is -0.153. The van der Waals surface area contributed by atoms with E-state index in [1.807, 2.05) is 19.1 Å². The molecule has 19 heavy (non-hydrogen) atoms. The van der Waals surface area contributed by atoms with Crippen molar-refractivity contribution in [2.45, 2.75) is 32.1 Å². The average molecular weight is 284 g/mol. The van der Waals surface area contributed by atoms with Crippen molar-refractivity contribution in [3.05, 3.63) is 35.6 Å². The van der Waals surface area contributed by atoms with E-state index in [9.17, 15) is 4.39 Å². The number of hydrogen-bond acceptors (Lipinski definition) is 3. The molecule has 0 aliphatic heterocycles. The van der Waals surface area contributed by atoms with Crippen LogP contribution in [-0.4, -0.2) is 36.3 Å². The molecule has 0 amide bonds. The standard InChI is InChI=1S/C15H25FN2S/c1-4-18(5-2)10-11-19-15(12(3)17)13-8-6-7-9-14(13)16/h6-9,12,15H,4-5,10-11,17H2,1-3H3. The van der Waals surface area contributed by atoms with Gasteiger partial charge in [0.05, 0.1) is 0 Å². The van der Waals surface area contributed by atoms with Gasteiger partial charge in [-0.15, -0.1) is 0 Å². The minimum absolute atomic E-state index is 0.0248. The van der Waals surface area contributed by atoms with E-state index in [1.165, 1.54) is 6.07 Å². The fraction of sp³-hybridized carbons (Fsp3) is 0.600. The van der Waals surface area contributed by atoms with Crippen LogP contribution >= 0.6 is 11.8 Å². The van der Waals surface area contributed by atoms with E-state index in [1.54, 1.807) is 17.8 Å². The SMILES string of the molecule is CCN(CC)CCSC(c1ccccc1F)C(C)N. The van der Waals surface area contributed by atoms with Gasteiger partial charge in [0, 0.05) is 29.2 Å². The molecular formula is C15H25FN2S. The van der Waals surface area contributed by atoms with Gasteiger partial charge in [0.15, 0.2) is 0 Å². The summed E-state index contributed by atoms with van der Waals surface area (Å²) in [7, 11) is 0. The number of hydrogen-bond donors (Lipinski definition) is 1. The zero-order valence-corrected chi connectivity index (χ0v) is 12.9. The molecule has 0 aromatic heterocycles. The molecular weight excluding hydrogens is 259 g/mol. The molecule has 0 bridgehead atoms. The second-order valence-corrected chi connectivity index (χ2v) is 5.95. The molecule has 2 unspecified atom stereocenters. The number of nitrogens with zero attached hydrogens (tertiary/aromatic N) is 1. The van der Waals surface area contributed by atoms with Gasteiger partial charge in [-0.1, -0.05) is 32.0 Å². The van der Waals surface area contributed by atoms with Crippen LogP contribution in [0.1, 0.15) is 31.6 Å². The molecule has 4 heteroatoms. The van der Waals surface area contributed by atoms with Crippen LogP contribution in [0.3, 0.4) is 0 Å². The highest BCUT2D eigenvalue weighted by atomic mass is 32.2. The van der Waals surface area contributed by atoms with Crippen molar-refractivity contribution >= 4 is 11.8 Å². The van der Waals surface area contributed by atoms with Gasteiger partial charge in [-0.05, 0) is 26.1 Å². The fourth-order valence-electron chi connectivity index (χ4n) is 2.08. The van der Waals surface area contributed by atoms with Gasteiger partial charge in [-0.25, -0.2) is 4.39 Å². The smallest absolute Gasteiger partial charge is 0.127 e.